The van der Waals surface area contributed by atoms with E-state index in [4.69, 9.17) is 5.73 Å². The molecule has 1 aromatic heterocycles. The Morgan fingerprint density at radius 1 is 1.33 bits per heavy atom. The molecule has 0 spiro atoms. The zero-order valence-corrected chi connectivity index (χ0v) is 10.9. The van der Waals surface area contributed by atoms with E-state index in [2.05, 4.69) is 29.0 Å². The molecule has 0 aliphatic carbocycles. The monoisotopic (exact) mass is 261 g/mol. The normalized spacial score (nSPS) is 10.1. The number of carbonyl (C=O) groups excluding carboxylic acids is 1. The number of anilines is 2. The number of benzene rings is 1. The fraction of sp³-hybridized carbons (Fsp3) is 0.154. The Morgan fingerprint density at radius 3 is 2.78 bits per heavy atom. The highest BCUT2D eigenvalue weighted by Crippen LogP contribution is 2.19. The average molecular weight is 261 g/mol. The highest BCUT2D eigenvalue weighted by atomic mass is 32.1. The number of rotatable bonds is 4. The van der Waals surface area contributed by atoms with Crippen LogP contribution in [0, 0.1) is 6.92 Å². The summed E-state index contributed by atoms with van der Waals surface area (Å²) in [5.41, 5.74) is 8.01. The Balaban J connectivity index is 2.01. The predicted octanol–water partition coefficient (Wildman–Crippen LogP) is 3.16. The topological polar surface area (TPSA) is 67.2 Å². The zero-order chi connectivity index (χ0) is 13.0. The van der Waals surface area contributed by atoms with E-state index in [-0.39, 0.29) is 0 Å². The Bertz CT molecular complexity index is 551. The molecule has 0 bridgehead atoms. The van der Waals surface area contributed by atoms with Crippen LogP contribution in [-0.4, -0.2) is 6.03 Å². The molecule has 18 heavy (non-hydrogen) atoms. The summed E-state index contributed by atoms with van der Waals surface area (Å²) in [6.07, 6.45) is 0. The fourth-order valence-electron chi connectivity index (χ4n) is 1.62. The lowest BCUT2D eigenvalue weighted by Crippen LogP contribution is -2.19. The van der Waals surface area contributed by atoms with E-state index in [1.807, 2.05) is 18.2 Å². The van der Waals surface area contributed by atoms with Crippen molar-refractivity contribution in [1.29, 1.82) is 0 Å². The van der Waals surface area contributed by atoms with Crippen LogP contribution in [0.2, 0.25) is 0 Å². The first kappa shape index (κ1) is 12.4. The first-order valence-electron chi connectivity index (χ1n) is 5.58. The second-order valence-electron chi connectivity index (χ2n) is 3.95. The van der Waals surface area contributed by atoms with Crippen LogP contribution in [0.15, 0.2) is 35.7 Å². The summed E-state index contributed by atoms with van der Waals surface area (Å²) in [5.74, 6) is 0. The lowest BCUT2D eigenvalue weighted by molar-refractivity contribution is 0.259. The molecule has 0 saturated carbocycles. The highest BCUT2D eigenvalue weighted by Gasteiger charge is 2.01. The van der Waals surface area contributed by atoms with Crippen molar-refractivity contribution in [2.24, 2.45) is 5.73 Å². The first-order chi connectivity index (χ1) is 8.65. The average Bonchev–Trinajstić information content (AvgIpc) is 2.72. The Kier molecular flexibility index (Phi) is 3.84. The van der Waals surface area contributed by atoms with Gasteiger partial charge in [0.05, 0.1) is 0 Å². The summed E-state index contributed by atoms with van der Waals surface area (Å²) in [7, 11) is 0. The summed E-state index contributed by atoms with van der Waals surface area (Å²) in [6.45, 7) is 2.88. The summed E-state index contributed by atoms with van der Waals surface area (Å²) >= 11 is 1.73. The van der Waals surface area contributed by atoms with Gasteiger partial charge >= 0.3 is 6.03 Å². The van der Waals surface area contributed by atoms with Crippen molar-refractivity contribution in [2.45, 2.75) is 13.5 Å². The van der Waals surface area contributed by atoms with Gasteiger partial charge in [-0.25, -0.2) is 4.79 Å². The maximum atomic E-state index is 10.8. The molecular weight excluding hydrogens is 246 g/mol. The minimum atomic E-state index is -0.554. The molecule has 2 aromatic rings. The van der Waals surface area contributed by atoms with Crippen LogP contribution < -0.4 is 16.4 Å². The molecule has 2 rings (SSSR count). The van der Waals surface area contributed by atoms with Gasteiger partial charge in [-0.15, -0.1) is 11.3 Å². The van der Waals surface area contributed by atoms with Crippen molar-refractivity contribution in [3.8, 4) is 0 Å². The molecule has 4 nitrogen and oxygen atoms in total. The van der Waals surface area contributed by atoms with Crippen LogP contribution in [-0.2, 0) is 6.54 Å². The van der Waals surface area contributed by atoms with Gasteiger partial charge < -0.3 is 16.4 Å². The zero-order valence-electron chi connectivity index (χ0n) is 10.1. The van der Waals surface area contributed by atoms with Crippen molar-refractivity contribution in [3.63, 3.8) is 0 Å². The molecule has 0 saturated heterocycles. The van der Waals surface area contributed by atoms with Crippen molar-refractivity contribution < 1.29 is 4.79 Å². The van der Waals surface area contributed by atoms with Crippen LogP contribution >= 0.6 is 11.3 Å². The number of carbonyl (C=O) groups is 1. The van der Waals surface area contributed by atoms with Crippen LogP contribution in [0.4, 0.5) is 16.2 Å². The van der Waals surface area contributed by atoms with Gasteiger partial charge in [0.15, 0.2) is 0 Å². The second kappa shape index (κ2) is 5.55. The third-order valence-electron chi connectivity index (χ3n) is 2.55. The number of primary amides is 1. The maximum absolute atomic E-state index is 10.8. The highest BCUT2D eigenvalue weighted by molar-refractivity contribution is 7.10. The van der Waals surface area contributed by atoms with Gasteiger partial charge in [0.2, 0.25) is 0 Å². The molecule has 0 radical (unpaired) electrons. The van der Waals surface area contributed by atoms with E-state index in [0.717, 1.165) is 12.2 Å². The molecule has 0 aliphatic heterocycles. The Hall–Kier alpha value is -2.01. The van der Waals surface area contributed by atoms with Crippen molar-refractivity contribution in [1.82, 2.24) is 0 Å². The molecule has 1 aromatic carbocycles. The fourth-order valence-corrected chi connectivity index (χ4v) is 2.46. The predicted molar refractivity (Wildman–Crippen MR) is 76.0 cm³/mol. The Morgan fingerprint density at radius 2 is 2.11 bits per heavy atom. The summed E-state index contributed by atoms with van der Waals surface area (Å²) < 4.78 is 0. The molecule has 0 unspecified atom stereocenters. The number of hydrogen-bond acceptors (Lipinski definition) is 3. The van der Waals surface area contributed by atoms with Gasteiger partial charge in [0.1, 0.15) is 0 Å². The largest absolute Gasteiger partial charge is 0.380 e. The van der Waals surface area contributed by atoms with Crippen LogP contribution in [0.5, 0.6) is 0 Å². The van der Waals surface area contributed by atoms with Crippen molar-refractivity contribution in [3.05, 3.63) is 46.2 Å². The van der Waals surface area contributed by atoms with E-state index < -0.39 is 6.03 Å². The summed E-state index contributed by atoms with van der Waals surface area (Å²) in [6, 6.07) is 9.03. The van der Waals surface area contributed by atoms with Crippen molar-refractivity contribution in [2.75, 3.05) is 10.6 Å². The SMILES string of the molecule is Cc1ccsc1CNc1cccc(NC(N)=O)c1. The maximum Gasteiger partial charge on any atom is 0.316 e. The standard InChI is InChI=1S/C13H15N3OS/c1-9-5-6-18-12(9)8-15-10-3-2-4-11(7-10)16-13(14)17/h2-7,15H,8H2,1H3,(H3,14,16,17). The van der Waals surface area contributed by atoms with Gasteiger partial charge in [-0.2, -0.15) is 0 Å². The number of aryl methyl sites for hydroxylation is 1. The molecule has 0 aliphatic rings. The molecule has 94 valence electrons. The van der Waals surface area contributed by atoms with Crippen molar-refractivity contribution >= 4 is 28.7 Å². The number of amides is 2. The third kappa shape index (κ3) is 3.24. The van der Waals surface area contributed by atoms with Gasteiger partial charge in [0.25, 0.3) is 0 Å². The molecule has 0 atom stereocenters. The van der Waals surface area contributed by atoms with Crippen LogP contribution in [0.1, 0.15) is 10.4 Å². The van der Waals surface area contributed by atoms with E-state index in [1.54, 1.807) is 17.4 Å². The number of nitrogens with one attached hydrogen (secondary N) is 2. The number of nitrogens with two attached hydrogens (primary N) is 1. The third-order valence-corrected chi connectivity index (χ3v) is 3.57. The van der Waals surface area contributed by atoms with E-state index in [1.165, 1.54) is 10.4 Å². The van der Waals surface area contributed by atoms with E-state index in [0.29, 0.717) is 5.69 Å². The first-order valence-corrected chi connectivity index (χ1v) is 6.46. The minimum Gasteiger partial charge on any atom is -0.380 e. The molecule has 5 heteroatoms. The van der Waals surface area contributed by atoms with Gasteiger partial charge in [-0.05, 0) is 42.1 Å². The lowest BCUT2D eigenvalue weighted by Gasteiger charge is -2.08. The molecule has 4 N–H and O–H groups in total. The number of urea groups is 1. The van der Waals surface area contributed by atoms with Gasteiger partial charge in [-0.3, -0.25) is 0 Å². The molecule has 0 fully saturated rings. The Labute approximate surface area is 110 Å². The number of thiophene rings is 1. The van der Waals surface area contributed by atoms with E-state index >= 15 is 0 Å². The summed E-state index contributed by atoms with van der Waals surface area (Å²) in [5, 5.41) is 7.95. The quantitative estimate of drug-likeness (QED) is 0.791. The van der Waals surface area contributed by atoms with Gasteiger partial charge in [0, 0.05) is 22.8 Å². The summed E-state index contributed by atoms with van der Waals surface area (Å²) in [4.78, 5) is 12.1. The minimum absolute atomic E-state index is 0.554. The molecular formula is C13H15N3OS. The molecule has 2 amide bonds. The smallest absolute Gasteiger partial charge is 0.316 e. The second-order valence-corrected chi connectivity index (χ2v) is 4.95. The van der Waals surface area contributed by atoms with Crippen LogP contribution in [0.25, 0.3) is 0 Å². The number of hydrogen-bond donors (Lipinski definition) is 3. The lowest BCUT2D eigenvalue weighted by atomic mass is 10.2. The van der Waals surface area contributed by atoms with Gasteiger partial charge in [-0.1, -0.05) is 6.07 Å². The van der Waals surface area contributed by atoms with Crippen LogP contribution in [0.3, 0.4) is 0 Å². The van der Waals surface area contributed by atoms with E-state index in [9.17, 15) is 4.79 Å². The molecule has 1 heterocycles.